The molecule has 0 fully saturated rings. The van der Waals surface area contributed by atoms with E-state index in [1.54, 1.807) is 31.1 Å². The summed E-state index contributed by atoms with van der Waals surface area (Å²) in [6, 6.07) is 11.6. The zero-order valence-electron chi connectivity index (χ0n) is 18.8. The van der Waals surface area contributed by atoms with E-state index in [2.05, 4.69) is 48.7 Å². The van der Waals surface area contributed by atoms with Gasteiger partial charge in [0.05, 0.1) is 27.4 Å². The molecule has 0 amide bonds. The van der Waals surface area contributed by atoms with Crippen molar-refractivity contribution in [1.82, 2.24) is 15.0 Å². The number of aliphatic hydroxyl groups excluding tert-OH is 1. The second kappa shape index (κ2) is 8.85. The number of aromatic nitrogens is 3. The summed E-state index contributed by atoms with van der Waals surface area (Å²) in [4.78, 5) is 14.4. The predicted molar refractivity (Wildman–Crippen MR) is 130 cm³/mol. The molecule has 1 aromatic carbocycles. The van der Waals surface area contributed by atoms with Crippen molar-refractivity contribution >= 4 is 34.5 Å². The molecule has 2 atom stereocenters. The number of benzene rings is 1. The minimum Gasteiger partial charge on any atom is -0.439 e. The van der Waals surface area contributed by atoms with Crippen molar-refractivity contribution in [2.75, 3.05) is 0 Å². The van der Waals surface area contributed by atoms with Crippen LogP contribution in [0, 0.1) is 0 Å². The van der Waals surface area contributed by atoms with E-state index in [0.29, 0.717) is 22.2 Å². The van der Waals surface area contributed by atoms with Crippen molar-refractivity contribution in [3.63, 3.8) is 0 Å². The topological polar surface area (TPSA) is 72.0 Å². The molecule has 32 heavy (non-hydrogen) atoms. The maximum Gasteiger partial charge on any atom is 0.200 e. The Morgan fingerprint density at radius 1 is 0.969 bits per heavy atom. The number of nitrogens with zero attached hydrogens (tertiary/aromatic N) is 3. The molecule has 3 aromatic heterocycles. The Hall–Kier alpha value is -2.41. The van der Waals surface area contributed by atoms with Gasteiger partial charge in [-0.15, -0.1) is 11.8 Å². The number of hydrogen-bond donors (Lipinski definition) is 1. The molecule has 4 rings (SSSR count). The van der Waals surface area contributed by atoms with Crippen molar-refractivity contribution in [2.24, 2.45) is 0 Å². The van der Waals surface area contributed by atoms with Gasteiger partial charge in [0.1, 0.15) is 5.52 Å². The molecule has 4 aromatic rings. The van der Waals surface area contributed by atoms with Gasteiger partial charge in [0.2, 0.25) is 5.89 Å². The first-order chi connectivity index (χ1) is 15.1. The van der Waals surface area contributed by atoms with E-state index >= 15 is 0 Å². The fraction of sp³-hybridized carbons (Fsp3) is 0.320. The lowest BCUT2D eigenvalue weighted by Gasteiger charge is -2.14. The first-order valence-electron chi connectivity index (χ1n) is 10.5. The van der Waals surface area contributed by atoms with E-state index in [1.165, 1.54) is 0 Å². The average molecular weight is 468 g/mol. The van der Waals surface area contributed by atoms with Crippen molar-refractivity contribution in [3.05, 3.63) is 71.1 Å². The monoisotopic (exact) mass is 467 g/mol. The van der Waals surface area contributed by atoms with Gasteiger partial charge in [-0.05, 0) is 61.4 Å². The summed E-state index contributed by atoms with van der Waals surface area (Å²) in [5, 5.41) is 10.5. The summed E-state index contributed by atoms with van der Waals surface area (Å²) in [7, 11) is 0. The van der Waals surface area contributed by atoms with Crippen LogP contribution < -0.4 is 0 Å². The van der Waals surface area contributed by atoms with Gasteiger partial charge in [0, 0.05) is 23.1 Å². The second-order valence-corrected chi connectivity index (χ2v) is 10.6. The fourth-order valence-corrected chi connectivity index (χ4v) is 4.64. The lowest BCUT2D eigenvalue weighted by atomic mass is 9.97. The lowest BCUT2D eigenvalue weighted by molar-refractivity contribution is 0.194. The van der Waals surface area contributed by atoms with Crippen LogP contribution in [-0.4, -0.2) is 20.1 Å². The lowest BCUT2D eigenvalue weighted by Crippen LogP contribution is -2.10. The van der Waals surface area contributed by atoms with Gasteiger partial charge in [0.25, 0.3) is 0 Å². The van der Waals surface area contributed by atoms with Crippen LogP contribution >= 0.6 is 23.4 Å². The first kappa shape index (κ1) is 22.8. The minimum atomic E-state index is -0.617. The van der Waals surface area contributed by atoms with Gasteiger partial charge in [-0.1, -0.05) is 32.4 Å². The minimum absolute atomic E-state index is 0.0271. The Kier molecular flexibility index (Phi) is 6.30. The van der Waals surface area contributed by atoms with Crippen LogP contribution in [0.5, 0.6) is 0 Å². The average Bonchev–Trinajstić information content (AvgIpc) is 3.21. The zero-order valence-corrected chi connectivity index (χ0v) is 20.3. The van der Waals surface area contributed by atoms with E-state index in [0.717, 1.165) is 27.2 Å². The highest BCUT2D eigenvalue weighted by Gasteiger charge is 2.24. The molecule has 166 valence electrons. The van der Waals surface area contributed by atoms with Crippen LogP contribution in [-0.2, 0) is 5.41 Å². The number of pyridine rings is 2. The molecule has 3 heterocycles. The maximum absolute atomic E-state index is 9.86. The molecule has 0 spiro atoms. The zero-order chi connectivity index (χ0) is 23.0. The van der Waals surface area contributed by atoms with Gasteiger partial charge in [0.15, 0.2) is 5.58 Å². The molecule has 0 aliphatic carbocycles. The summed E-state index contributed by atoms with van der Waals surface area (Å²) in [5.74, 6) is 0.691. The Labute approximate surface area is 197 Å². The van der Waals surface area contributed by atoms with Crippen LogP contribution in [0.25, 0.3) is 22.2 Å². The number of rotatable bonds is 5. The maximum atomic E-state index is 9.86. The van der Waals surface area contributed by atoms with Gasteiger partial charge in [-0.2, -0.15) is 0 Å². The summed E-state index contributed by atoms with van der Waals surface area (Å²) in [6.45, 7) is 10.0. The smallest absolute Gasteiger partial charge is 0.200 e. The number of thioether (sulfide) groups is 1. The van der Waals surface area contributed by atoms with Crippen molar-refractivity contribution in [2.45, 2.75) is 56.3 Å². The molecular formula is C25H26ClN3O2S. The number of hydrogen-bond acceptors (Lipinski definition) is 6. The molecule has 5 nitrogen and oxygen atoms in total. The van der Waals surface area contributed by atoms with Crippen LogP contribution in [0.3, 0.4) is 0 Å². The van der Waals surface area contributed by atoms with Crippen LogP contribution in [0.4, 0.5) is 0 Å². The Bertz CT molecular complexity index is 1260. The number of fused-ring (bicyclic) bond motifs is 1. The number of halogens is 1. The summed E-state index contributed by atoms with van der Waals surface area (Å²) >= 11 is 8.18. The quantitative estimate of drug-likeness (QED) is 0.314. The molecule has 0 saturated carbocycles. The molecule has 0 aliphatic rings. The molecule has 2 unspecified atom stereocenters. The molecular weight excluding hydrogens is 442 g/mol. The van der Waals surface area contributed by atoms with Crippen molar-refractivity contribution in [1.29, 1.82) is 0 Å². The normalized spacial score (nSPS) is 14.0. The summed E-state index contributed by atoms with van der Waals surface area (Å²) in [5.41, 5.74) is 4.90. The molecule has 7 heteroatoms. The van der Waals surface area contributed by atoms with E-state index in [4.69, 9.17) is 16.0 Å². The Morgan fingerprint density at radius 3 is 2.22 bits per heavy atom. The largest absolute Gasteiger partial charge is 0.439 e. The van der Waals surface area contributed by atoms with Crippen LogP contribution in [0.1, 0.15) is 63.3 Å². The van der Waals surface area contributed by atoms with Crippen LogP contribution in [0.15, 0.2) is 58.1 Å². The van der Waals surface area contributed by atoms with Gasteiger partial charge >= 0.3 is 0 Å². The Morgan fingerprint density at radius 2 is 1.59 bits per heavy atom. The third-order valence-corrected chi connectivity index (χ3v) is 6.80. The highest BCUT2D eigenvalue weighted by molar-refractivity contribution is 7.99. The van der Waals surface area contributed by atoms with E-state index in [9.17, 15) is 5.11 Å². The third-order valence-electron chi connectivity index (χ3n) is 5.14. The first-order valence-corrected chi connectivity index (χ1v) is 11.8. The van der Waals surface area contributed by atoms with Crippen LogP contribution in [0.2, 0.25) is 5.02 Å². The Balaban J connectivity index is 1.67. The van der Waals surface area contributed by atoms with Gasteiger partial charge < -0.3 is 9.52 Å². The number of aliphatic hydroxyl groups is 1. The van der Waals surface area contributed by atoms with E-state index in [1.807, 2.05) is 30.3 Å². The highest BCUT2D eigenvalue weighted by atomic mass is 35.5. The van der Waals surface area contributed by atoms with E-state index < -0.39 is 6.10 Å². The number of oxazole rings is 1. The summed E-state index contributed by atoms with van der Waals surface area (Å²) in [6.07, 6.45) is 2.90. The molecule has 0 radical (unpaired) electrons. The molecule has 0 bridgehead atoms. The second-order valence-electron chi connectivity index (χ2n) is 8.87. The summed E-state index contributed by atoms with van der Waals surface area (Å²) < 4.78 is 6.14. The third kappa shape index (κ3) is 4.68. The molecule has 1 N–H and O–H groups in total. The standard InChI is InChI=1S/C25H26ClN3O2S/c1-14(30)20-12-16(8-10-27-20)17-9-11-28-21(13-17)15(2)32-23-18(26)6-7-19-22(23)31-24(29-19)25(3,4)5/h6-15,30H,1-5H3. The predicted octanol–water partition coefficient (Wildman–Crippen LogP) is 7.14. The fourth-order valence-electron chi connectivity index (χ4n) is 3.32. The highest BCUT2D eigenvalue weighted by Crippen LogP contribution is 2.43. The molecule has 0 saturated heterocycles. The van der Waals surface area contributed by atoms with Crippen molar-refractivity contribution in [3.8, 4) is 11.1 Å². The molecule has 0 aliphatic heterocycles. The van der Waals surface area contributed by atoms with E-state index in [-0.39, 0.29) is 10.7 Å². The van der Waals surface area contributed by atoms with Gasteiger partial charge in [-0.3, -0.25) is 9.97 Å². The van der Waals surface area contributed by atoms with Crippen molar-refractivity contribution < 1.29 is 9.52 Å². The van der Waals surface area contributed by atoms with Gasteiger partial charge in [-0.25, -0.2) is 4.98 Å². The SMILES string of the molecule is CC(O)c1cc(-c2ccnc(C(C)Sc3c(Cl)ccc4nc(C(C)(C)C)oc34)c2)ccn1.